The number of carbonyl (C=O) groups is 1. The molecule has 0 atom stereocenters. The maximum atomic E-state index is 13.2. The number of hydrogen-bond acceptors (Lipinski definition) is 3. The number of carbonyl (C=O) groups excluding carboxylic acids is 1. The molecule has 2 heterocycles. The highest BCUT2D eigenvalue weighted by Gasteiger charge is 2.25. The number of nitrogens with zero attached hydrogens (tertiary/aromatic N) is 2. The summed E-state index contributed by atoms with van der Waals surface area (Å²) in [5, 5.41) is 2.80. The van der Waals surface area contributed by atoms with Crippen LogP contribution >= 0.6 is 0 Å². The van der Waals surface area contributed by atoms with E-state index in [1.807, 2.05) is 19.2 Å². The van der Waals surface area contributed by atoms with Crippen molar-refractivity contribution in [3.63, 3.8) is 0 Å². The van der Waals surface area contributed by atoms with E-state index in [9.17, 15) is 9.18 Å². The van der Waals surface area contributed by atoms with Crippen LogP contribution in [0.5, 0.6) is 0 Å². The van der Waals surface area contributed by atoms with Gasteiger partial charge in [0, 0.05) is 30.9 Å². The quantitative estimate of drug-likeness (QED) is 0.945. The first-order valence-corrected chi connectivity index (χ1v) is 7.86. The molecule has 1 aromatic carbocycles. The van der Waals surface area contributed by atoms with E-state index >= 15 is 0 Å². The number of aromatic nitrogens is 1. The lowest BCUT2D eigenvalue weighted by Crippen LogP contribution is -2.38. The summed E-state index contributed by atoms with van der Waals surface area (Å²) in [6.45, 7) is 3.65. The summed E-state index contributed by atoms with van der Waals surface area (Å²) in [6.07, 6.45) is 3.36. The molecule has 1 aromatic heterocycles. The molecule has 120 valence electrons. The monoisotopic (exact) mass is 313 g/mol. The third-order valence-corrected chi connectivity index (χ3v) is 4.18. The lowest BCUT2D eigenvalue weighted by molar-refractivity contribution is -0.120. The Bertz CT molecular complexity index is 696. The van der Waals surface area contributed by atoms with Gasteiger partial charge in [-0.05, 0) is 55.7 Å². The van der Waals surface area contributed by atoms with Crippen molar-refractivity contribution in [2.75, 3.05) is 23.3 Å². The van der Waals surface area contributed by atoms with Crippen LogP contribution in [-0.2, 0) is 4.79 Å². The van der Waals surface area contributed by atoms with Gasteiger partial charge in [0.25, 0.3) is 0 Å². The number of anilines is 2. The number of pyridine rings is 1. The number of halogens is 1. The molecule has 2 aromatic rings. The summed E-state index contributed by atoms with van der Waals surface area (Å²) >= 11 is 0. The Kier molecular flexibility index (Phi) is 4.55. The number of rotatable bonds is 3. The van der Waals surface area contributed by atoms with E-state index in [0.717, 1.165) is 31.7 Å². The van der Waals surface area contributed by atoms with Crippen LogP contribution in [-0.4, -0.2) is 24.0 Å². The highest BCUT2D eigenvalue weighted by Crippen LogP contribution is 2.23. The van der Waals surface area contributed by atoms with Crippen LogP contribution in [0.1, 0.15) is 18.4 Å². The van der Waals surface area contributed by atoms with Crippen molar-refractivity contribution in [3.8, 4) is 0 Å². The topological polar surface area (TPSA) is 45.2 Å². The van der Waals surface area contributed by atoms with Gasteiger partial charge in [-0.15, -0.1) is 0 Å². The smallest absolute Gasteiger partial charge is 0.227 e. The Balaban J connectivity index is 1.57. The van der Waals surface area contributed by atoms with Crippen LogP contribution in [0.25, 0.3) is 0 Å². The van der Waals surface area contributed by atoms with E-state index in [0.29, 0.717) is 5.69 Å². The Morgan fingerprint density at radius 3 is 2.74 bits per heavy atom. The number of hydrogen-bond donors (Lipinski definition) is 1. The summed E-state index contributed by atoms with van der Waals surface area (Å²) in [4.78, 5) is 18.9. The minimum absolute atomic E-state index is 0.0348. The Labute approximate surface area is 135 Å². The molecule has 3 rings (SSSR count). The van der Waals surface area contributed by atoms with Gasteiger partial charge in [0.15, 0.2) is 0 Å². The van der Waals surface area contributed by atoms with E-state index in [-0.39, 0.29) is 17.6 Å². The zero-order valence-electron chi connectivity index (χ0n) is 13.1. The molecule has 0 unspecified atom stereocenters. The Hall–Kier alpha value is -2.43. The van der Waals surface area contributed by atoms with Gasteiger partial charge >= 0.3 is 0 Å². The first kappa shape index (κ1) is 15.5. The van der Waals surface area contributed by atoms with Gasteiger partial charge in [-0.25, -0.2) is 9.37 Å². The highest BCUT2D eigenvalue weighted by atomic mass is 19.1. The fourth-order valence-corrected chi connectivity index (χ4v) is 2.87. The SMILES string of the molecule is Cc1ccnc(N2CCC(C(=O)Nc3cccc(F)c3)CC2)c1. The van der Waals surface area contributed by atoms with Crippen molar-refractivity contribution >= 4 is 17.4 Å². The number of piperidine rings is 1. The first-order chi connectivity index (χ1) is 11.1. The maximum Gasteiger partial charge on any atom is 0.227 e. The fraction of sp³-hybridized carbons (Fsp3) is 0.333. The molecule has 0 saturated carbocycles. The number of amides is 1. The van der Waals surface area contributed by atoms with E-state index in [4.69, 9.17) is 0 Å². The Morgan fingerprint density at radius 2 is 2.04 bits per heavy atom. The molecule has 5 heteroatoms. The summed E-state index contributed by atoms with van der Waals surface area (Å²) in [5.74, 6) is 0.545. The van der Waals surface area contributed by atoms with E-state index in [1.165, 1.54) is 17.7 Å². The summed E-state index contributed by atoms with van der Waals surface area (Å²) < 4.78 is 13.2. The molecule has 1 N–H and O–H groups in total. The van der Waals surface area contributed by atoms with E-state index < -0.39 is 0 Å². The predicted molar refractivity (Wildman–Crippen MR) is 88.9 cm³/mol. The van der Waals surface area contributed by atoms with Gasteiger partial charge in [-0.1, -0.05) is 6.07 Å². The zero-order valence-corrected chi connectivity index (χ0v) is 13.1. The van der Waals surface area contributed by atoms with E-state index in [1.54, 1.807) is 12.1 Å². The zero-order chi connectivity index (χ0) is 16.2. The molecule has 1 saturated heterocycles. The molecular formula is C18H20FN3O. The largest absolute Gasteiger partial charge is 0.357 e. The van der Waals surface area contributed by atoms with E-state index in [2.05, 4.69) is 21.3 Å². The van der Waals surface area contributed by atoms with Gasteiger partial charge in [0.05, 0.1) is 0 Å². The normalized spacial score (nSPS) is 15.5. The van der Waals surface area contributed by atoms with Crippen LogP contribution in [0.3, 0.4) is 0 Å². The average Bonchev–Trinajstić information content (AvgIpc) is 2.55. The molecule has 0 spiro atoms. The second-order valence-electron chi connectivity index (χ2n) is 5.95. The van der Waals surface area contributed by atoms with Crippen molar-refractivity contribution in [1.82, 2.24) is 4.98 Å². The van der Waals surface area contributed by atoms with Crippen LogP contribution in [0, 0.1) is 18.7 Å². The lowest BCUT2D eigenvalue weighted by Gasteiger charge is -2.32. The standard InChI is InChI=1S/C18H20FN3O/c1-13-5-8-20-17(11-13)22-9-6-14(7-10-22)18(23)21-16-4-2-3-15(19)12-16/h2-5,8,11-12,14H,6-7,9-10H2,1H3,(H,21,23). The minimum Gasteiger partial charge on any atom is -0.357 e. The fourth-order valence-electron chi connectivity index (χ4n) is 2.87. The highest BCUT2D eigenvalue weighted by molar-refractivity contribution is 5.92. The van der Waals surface area contributed by atoms with Crippen LogP contribution in [0.15, 0.2) is 42.6 Å². The van der Waals surface area contributed by atoms with Gasteiger partial charge in [-0.3, -0.25) is 4.79 Å². The molecule has 1 amide bonds. The number of aryl methyl sites for hydroxylation is 1. The van der Waals surface area contributed by atoms with Crippen molar-refractivity contribution < 1.29 is 9.18 Å². The van der Waals surface area contributed by atoms with Crippen molar-refractivity contribution in [2.24, 2.45) is 5.92 Å². The summed E-state index contributed by atoms with van der Waals surface area (Å²) in [7, 11) is 0. The Morgan fingerprint density at radius 1 is 1.26 bits per heavy atom. The van der Waals surface area contributed by atoms with Crippen LogP contribution in [0.2, 0.25) is 0 Å². The first-order valence-electron chi connectivity index (χ1n) is 7.86. The summed E-state index contributed by atoms with van der Waals surface area (Å²) in [5.41, 5.74) is 1.69. The molecule has 1 aliphatic rings. The average molecular weight is 313 g/mol. The molecule has 4 nitrogen and oxygen atoms in total. The van der Waals surface area contributed by atoms with Gasteiger partial charge < -0.3 is 10.2 Å². The lowest BCUT2D eigenvalue weighted by atomic mass is 9.95. The van der Waals surface area contributed by atoms with Gasteiger partial charge in [-0.2, -0.15) is 0 Å². The maximum absolute atomic E-state index is 13.2. The second-order valence-corrected chi connectivity index (χ2v) is 5.95. The predicted octanol–water partition coefficient (Wildman–Crippen LogP) is 3.38. The molecule has 1 fully saturated rings. The third-order valence-electron chi connectivity index (χ3n) is 4.18. The van der Waals surface area contributed by atoms with Crippen LogP contribution < -0.4 is 10.2 Å². The minimum atomic E-state index is -0.344. The number of benzene rings is 1. The number of nitrogens with one attached hydrogen (secondary N) is 1. The molecule has 23 heavy (non-hydrogen) atoms. The second kappa shape index (κ2) is 6.77. The van der Waals surface area contributed by atoms with Crippen molar-refractivity contribution in [1.29, 1.82) is 0 Å². The molecule has 1 aliphatic heterocycles. The summed E-state index contributed by atoms with van der Waals surface area (Å²) in [6, 6.07) is 10.0. The molecule has 0 aliphatic carbocycles. The van der Waals surface area contributed by atoms with Crippen LogP contribution in [0.4, 0.5) is 15.9 Å². The van der Waals surface area contributed by atoms with Crippen molar-refractivity contribution in [3.05, 3.63) is 54.0 Å². The van der Waals surface area contributed by atoms with Gasteiger partial charge in [0.1, 0.15) is 11.6 Å². The molecule has 0 radical (unpaired) electrons. The molecule has 0 bridgehead atoms. The van der Waals surface area contributed by atoms with Gasteiger partial charge in [0.2, 0.25) is 5.91 Å². The molecular weight excluding hydrogens is 293 g/mol. The third kappa shape index (κ3) is 3.86. The van der Waals surface area contributed by atoms with Crippen molar-refractivity contribution in [2.45, 2.75) is 19.8 Å².